The van der Waals surface area contributed by atoms with Gasteiger partial charge < -0.3 is 10.0 Å². The van der Waals surface area contributed by atoms with E-state index in [1.807, 2.05) is 6.07 Å². The van der Waals surface area contributed by atoms with Gasteiger partial charge in [-0.2, -0.15) is 0 Å². The topological polar surface area (TPSA) is 23.5 Å². The van der Waals surface area contributed by atoms with Gasteiger partial charge in [0.2, 0.25) is 0 Å². The van der Waals surface area contributed by atoms with E-state index in [-0.39, 0.29) is 12.4 Å². The van der Waals surface area contributed by atoms with Gasteiger partial charge in [0.05, 0.1) is 5.56 Å². The van der Waals surface area contributed by atoms with Crippen molar-refractivity contribution in [3.63, 3.8) is 0 Å². The smallest absolute Gasteiger partial charge is 0.138 e. The average Bonchev–Trinajstić information content (AvgIpc) is 2.91. The standard InChI is InChI=1S/C18H16FNO/c19-17-8-7-14(12-16(17)5-3-11-21)13-20-10-9-15-4-1-2-6-18(15)20/h1-2,4,6-8,12,21H,9-11,13H2. The molecule has 2 nitrogen and oxygen atoms in total. The van der Waals surface area contributed by atoms with Crippen LogP contribution in [0.3, 0.4) is 0 Å². The van der Waals surface area contributed by atoms with Crippen LogP contribution in [0, 0.1) is 17.7 Å². The van der Waals surface area contributed by atoms with Crippen LogP contribution in [-0.2, 0) is 13.0 Å². The van der Waals surface area contributed by atoms with Crippen molar-refractivity contribution >= 4 is 5.69 Å². The molecule has 0 unspecified atom stereocenters. The number of fused-ring (bicyclic) bond motifs is 1. The first-order valence-electron chi connectivity index (χ1n) is 6.99. The number of halogens is 1. The van der Waals surface area contributed by atoms with Gasteiger partial charge in [0.1, 0.15) is 12.4 Å². The summed E-state index contributed by atoms with van der Waals surface area (Å²) in [6.45, 7) is 1.46. The minimum atomic E-state index is -0.346. The maximum atomic E-state index is 13.6. The number of anilines is 1. The molecule has 0 aromatic heterocycles. The molecule has 0 saturated heterocycles. The molecule has 0 amide bonds. The minimum absolute atomic E-state index is 0.261. The number of nitrogens with zero attached hydrogens (tertiary/aromatic N) is 1. The van der Waals surface area contributed by atoms with E-state index in [0.717, 1.165) is 25.1 Å². The van der Waals surface area contributed by atoms with Crippen LogP contribution in [0.1, 0.15) is 16.7 Å². The zero-order valence-electron chi connectivity index (χ0n) is 11.6. The molecule has 2 aromatic carbocycles. The fraction of sp³-hybridized carbons (Fsp3) is 0.222. The number of para-hydroxylation sites is 1. The van der Waals surface area contributed by atoms with Crippen LogP contribution in [-0.4, -0.2) is 18.3 Å². The average molecular weight is 281 g/mol. The number of benzene rings is 2. The largest absolute Gasteiger partial charge is 0.384 e. The third kappa shape index (κ3) is 2.91. The SMILES string of the molecule is OCC#Cc1cc(CN2CCc3ccccc32)ccc1F. The van der Waals surface area contributed by atoms with Crippen molar-refractivity contribution < 1.29 is 9.50 Å². The van der Waals surface area contributed by atoms with Gasteiger partial charge >= 0.3 is 0 Å². The van der Waals surface area contributed by atoms with Gasteiger partial charge in [0.15, 0.2) is 0 Å². The zero-order chi connectivity index (χ0) is 14.7. The van der Waals surface area contributed by atoms with Crippen molar-refractivity contribution in [2.75, 3.05) is 18.1 Å². The molecule has 0 radical (unpaired) electrons. The van der Waals surface area contributed by atoms with Gasteiger partial charge in [-0.1, -0.05) is 36.1 Å². The Bertz CT molecular complexity index is 715. The molecule has 0 saturated carbocycles. The second-order valence-electron chi connectivity index (χ2n) is 5.07. The molecule has 1 aliphatic heterocycles. The van der Waals surface area contributed by atoms with Crippen LogP contribution in [0.15, 0.2) is 42.5 Å². The maximum absolute atomic E-state index is 13.6. The molecular weight excluding hydrogens is 265 g/mol. The molecule has 0 atom stereocenters. The lowest BCUT2D eigenvalue weighted by atomic mass is 10.1. The van der Waals surface area contributed by atoms with Crippen molar-refractivity contribution in [3.05, 3.63) is 65.0 Å². The lowest BCUT2D eigenvalue weighted by molar-refractivity contribution is 0.350. The van der Waals surface area contributed by atoms with Crippen LogP contribution in [0.4, 0.5) is 10.1 Å². The Hall–Kier alpha value is -2.31. The second kappa shape index (κ2) is 5.99. The molecule has 106 valence electrons. The fourth-order valence-corrected chi connectivity index (χ4v) is 2.69. The summed E-state index contributed by atoms with van der Waals surface area (Å²) < 4.78 is 13.6. The van der Waals surface area contributed by atoms with E-state index >= 15 is 0 Å². The van der Waals surface area contributed by atoms with Crippen LogP contribution in [0.25, 0.3) is 0 Å². The van der Waals surface area contributed by atoms with Gasteiger partial charge in [-0.3, -0.25) is 0 Å². The summed E-state index contributed by atoms with van der Waals surface area (Å²) >= 11 is 0. The van der Waals surface area contributed by atoms with Gasteiger partial charge in [-0.25, -0.2) is 4.39 Å². The number of rotatable bonds is 2. The first-order chi connectivity index (χ1) is 10.3. The van der Waals surface area contributed by atoms with E-state index < -0.39 is 0 Å². The summed E-state index contributed by atoms with van der Waals surface area (Å²) in [6, 6.07) is 13.4. The number of hydrogen-bond donors (Lipinski definition) is 1. The summed E-state index contributed by atoms with van der Waals surface area (Å²) in [6.07, 6.45) is 1.05. The molecule has 3 heteroatoms. The monoisotopic (exact) mass is 281 g/mol. The van der Waals surface area contributed by atoms with Crippen molar-refractivity contribution in [1.82, 2.24) is 0 Å². The van der Waals surface area contributed by atoms with Crippen molar-refractivity contribution in [3.8, 4) is 11.8 Å². The predicted molar refractivity (Wildman–Crippen MR) is 81.6 cm³/mol. The van der Waals surface area contributed by atoms with Crippen LogP contribution in [0.5, 0.6) is 0 Å². The third-order valence-corrected chi connectivity index (χ3v) is 3.69. The van der Waals surface area contributed by atoms with Crippen molar-refractivity contribution in [1.29, 1.82) is 0 Å². The molecule has 1 heterocycles. The summed E-state index contributed by atoms with van der Waals surface area (Å²) in [4.78, 5) is 2.30. The highest BCUT2D eigenvalue weighted by atomic mass is 19.1. The lowest BCUT2D eigenvalue weighted by Crippen LogP contribution is -2.19. The van der Waals surface area contributed by atoms with Gasteiger partial charge in [-0.15, -0.1) is 0 Å². The van der Waals surface area contributed by atoms with Gasteiger partial charge in [0.25, 0.3) is 0 Å². The Kier molecular flexibility index (Phi) is 3.89. The molecule has 0 aliphatic carbocycles. The summed E-state index contributed by atoms with van der Waals surface area (Å²) in [5.74, 6) is 4.80. The van der Waals surface area contributed by atoms with Crippen LogP contribution < -0.4 is 4.90 Å². The summed E-state index contributed by atoms with van der Waals surface area (Å²) in [5.41, 5.74) is 3.98. The number of aliphatic hydroxyl groups is 1. The van der Waals surface area contributed by atoms with Crippen LogP contribution >= 0.6 is 0 Å². The predicted octanol–water partition coefficient (Wildman–Crippen LogP) is 2.73. The molecule has 2 aromatic rings. The molecular formula is C18H16FNO. The van der Waals surface area contributed by atoms with Gasteiger partial charge in [0, 0.05) is 18.8 Å². The third-order valence-electron chi connectivity index (χ3n) is 3.69. The molecule has 21 heavy (non-hydrogen) atoms. The molecule has 1 aliphatic rings. The number of aliphatic hydroxyl groups excluding tert-OH is 1. The molecule has 0 bridgehead atoms. The van der Waals surface area contributed by atoms with Crippen molar-refractivity contribution in [2.24, 2.45) is 0 Å². The Labute approximate surface area is 123 Å². The van der Waals surface area contributed by atoms with E-state index in [1.54, 1.807) is 12.1 Å². The first-order valence-corrected chi connectivity index (χ1v) is 6.99. The van der Waals surface area contributed by atoms with E-state index in [9.17, 15) is 4.39 Å². The molecule has 0 spiro atoms. The summed E-state index contributed by atoms with van der Waals surface area (Å²) in [7, 11) is 0. The highest BCUT2D eigenvalue weighted by Crippen LogP contribution is 2.29. The molecule has 3 rings (SSSR count). The quantitative estimate of drug-likeness (QED) is 0.856. The fourth-order valence-electron chi connectivity index (χ4n) is 2.69. The van der Waals surface area contributed by atoms with Gasteiger partial charge in [-0.05, 0) is 35.7 Å². The van der Waals surface area contributed by atoms with E-state index in [2.05, 4.69) is 34.9 Å². The zero-order valence-corrected chi connectivity index (χ0v) is 11.6. The van der Waals surface area contributed by atoms with Crippen LogP contribution in [0.2, 0.25) is 0 Å². The Morgan fingerprint density at radius 2 is 2.05 bits per heavy atom. The Morgan fingerprint density at radius 3 is 2.90 bits per heavy atom. The Morgan fingerprint density at radius 1 is 1.19 bits per heavy atom. The number of hydrogen-bond acceptors (Lipinski definition) is 2. The van der Waals surface area contributed by atoms with E-state index in [4.69, 9.17) is 5.11 Å². The first kappa shape index (κ1) is 13.7. The normalized spacial score (nSPS) is 12.8. The molecule has 0 fully saturated rings. The minimum Gasteiger partial charge on any atom is -0.384 e. The second-order valence-corrected chi connectivity index (χ2v) is 5.07. The highest BCUT2D eigenvalue weighted by Gasteiger charge is 2.18. The molecule has 1 N–H and O–H groups in total. The van der Waals surface area contributed by atoms with E-state index in [0.29, 0.717) is 5.56 Å². The maximum Gasteiger partial charge on any atom is 0.138 e. The van der Waals surface area contributed by atoms with E-state index in [1.165, 1.54) is 17.3 Å². The van der Waals surface area contributed by atoms with Crippen molar-refractivity contribution in [2.45, 2.75) is 13.0 Å². The highest BCUT2D eigenvalue weighted by molar-refractivity contribution is 5.58. The Balaban J connectivity index is 1.83. The lowest BCUT2D eigenvalue weighted by Gasteiger charge is -2.19. The summed E-state index contributed by atoms with van der Waals surface area (Å²) in [5, 5.41) is 8.72.